The normalized spacial score (nSPS) is 14.8. The lowest BCUT2D eigenvalue weighted by atomic mass is 10.3. The van der Waals surface area contributed by atoms with Crippen molar-refractivity contribution < 1.29 is 9.15 Å². The van der Waals surface area contributed by atoms with E-state index in [1.165, 1.54) is 0 Å². The van der Waals surface area contributed by atoms with Gasteiger partial charge in [-0.25, -0.2) is 0 Å². The second kappa shape index (κ2) is 4.08. The summed E-state index contributed by atoms with van der Waals surface area (Å²) in [7, 11) is 0. The minimum absolute atomic E-state index is 0.258. The highest BCUT2D eigenvalue weighted by Gasteiger charge is 2.29. The highest BCUT2D eigenvalue weighted by atomic mass is 16.5. The Morgan fingerprint density at radius 3 is 2.88 bits per heavy atom. The van der Waals surface area contributed by atoms with Crippen LogP contribution in [0.4, 0.5) is 5.69 Å². The smallest absolute Gasteiger partial charge is 0.253 e. The fraction of sp³-hybridized carbons (Fsp3) is 0.333. The first-order valence-electron chi connectivity index (χ1n) is 5.62. The molecule has 0 aliphatic heterocycles. The van der Waals surface area contributed by atoms with Gasteiger partial charge in [-0.15, -0.1) is 10.2 Å². The molecule has 0 bridgehead atoms. The third kappa shape index (κ3) is 2.22. The zero-order chi connectivity index (χ0) is 11.7. The summed E-state index contributed by atoms with van der Waals surface area (Å²) in [5, 5.41) is 7.92. The molecule has 0 saturated heterocycles. The Bertz CT molecular complexity index is 520. The molecule has 1 saturated carbocycles. The van der Waals surface area contributed by atoms with Gasteiger partial charge in [0.25, 0.3) is 5.89 Å². The van der Waals surface area contributed by atoms with Crippen LogP contribution in [0, 0.1) is 0 Å². The number of ether oxygens (including phenoxy) is 1. The first kappa shape index (κ1) is 10.1. The number of benzene rings is 1. The van der Waals surface area contributed by atoms with Crippen molar-refractivity contribution in [3.63, 3.8) is 0 Å². The lowest BCUT2D eigenvalue weighted by Crippen LogP contribution is -1.98. The average molecular weight is 231 g/mol. The molecule has 3 rings (SSSR count). The van der Waals surface area contributed by atoms with Gasteiger partial charge in [-0.3, -0.25) is 0 Å². The minimum Gasteiger partial charge on any atom is -0.482 e. The fourth-order valence-electron chi connectivity index (χ4n) is 1.57. The van der Waals surface area contributed by atoms with Crippen LogP contribution in [0.1, 0.15) is 30.5 Å². The van der Waals surface area contributed by atoms with Crippen LogP contribution in [0.5, 0.6) is 5.75 Å². The molecule has 0 amide bonds. The zero-order valence-corrected chi connectivity index (χ0v) is 9.30. The molecule has 88 valence electrons. The van der Waals surface area contributed by atoms with Gasteiger partial charge in [-0.05, 0) is 25.0 Å². The van der Waals surface area contributed by atoms with Crippen LogP contribution in [0.3, 0.4) is 0 Å². The Hall–Kier alpha value is -2.04. The first-order chi connectivity index (χ1) is 8.33. The standard InChI is InChI=1S/C12H13N3O2/c13-9-3-1-2-4-10(9)16-7-11-14-15-12(17-11)8-5-6-8/h1-4,8H,5-7,13H2. The van der Waals surface area contributed by atoms with E-state index in [1.54, 1.807) is 6.07 Å². The summed E-state index contributed by atoms with van der Waals surface area (Å²) in [6.45, 7) is 0.258. The summed E-state index contributed by atoms with van der Waals surface area (Å²) in [6.07, 6.45) is 2.29. The molecule has 0 spiro atoms. The molecule has 0 atom stereocenters. The van der Waals surface area contributed by atoms with Crippen molar-refractivity contribution in [1.82, 2.24) is 10.2 Å². The van der Waals surface area contributed by atoms with Crippen LogP contribution in [0.2, 0.25) is 0 Å². The van der Waals surface area contributed by atoms with Gasteiger partial charge in [0, 0.05) is 5.92 Å². The molecular weight excluding hydrogens is 218 g/mol. The summed E-state index contributed by atoms with van der Waals surface area (Å²) in [5.41, 5.74) is 6.36. The second-order valence-corrected chi connectivity index (χ2v) is 4.13. The monoisotopic (exact) mass is 231 g/mol. The van der Waals surface area contributed by atoms with Crippen molar-refractivity contribution in [3.05, 3.63) is 36.0 Å². The zero-order valence-electron chi connectivity index (χ0n) is 9.30. The van der Waals surface area contributed by atoms with Gasteiger partial charge in [0.1, 0.15) is 5.75 Å². The van der Waals surface area contributed by atoms with E-state index in [9.17, 15) is 0 Å². The van der Waals surface area contributed by atoms with Gasteiger partial charge in [0.2, 0.25) is 5.89 Å². The van der Waals surface area contributed by atoms with E-state index in [0.29, 0.717) is 23.2 Å². The third-order valence-corrected chi connectivity index (χ3v) is 2.68. The molecule has 1 aromatic carbocycles. The van der Waals surface area contributed by atoms with E-state index in [4.69, 9.17) is 14.9 Å². The van der Waals surface area contributed by atoms with E-state index in [0.717, 1.165) is 18.7 Å². The molecule has 0 unspecified atom stereocenters. The quantitative estimate of drug-likeness (QED) is 0.816. The first-order valence-corrected chi connectivity index (χ1v) is 5.62. The average Bonchev–Trinajstić information content (AvgIpc) is 3.08. The van der Waals surface area contributed by atoms with Gasteiger partial charge in [-0.2, -0.15) is 0 Å². The van der Waals surface area contributed by atoms with Gasteiger partial charge in [0.15, 0.2) is 6.61 Å². The molecule has 5 heteroatoms. The molecule has 2 aromatic rings. The molecule has 0 radical (unpaired) electrons. The summed E-state index contributed by atoms with van der Waals surface area (Å²) in [4.78, 5) is 0. The van der Waals surface area contributed by atoms with Gasteiger partial charge in [0.05, 0.1) is 5.69 Å². The van der Waals surface area contributed by atoms with Crippen LogP contribution in [-0.4, -0.2) is 10.2 Å². The largest absolute Gasteiger partial charge is 0.482 e. The van der Waals surface area contributed by atoms with E-state index >= 15 is 0 Å². The Morgan fingerprint density at radius 2 is 2.12 bits per heavy atom. The maximum absolute atomic E-state index is 5.76. The Morgan fingerprint density at radius 1 is 1.29 bits per heavy atom. The molecule has 1 aliphatic rings. The number of nitrogens with zero attached hydrogens (tertiary/aromatic N) is 2. The molecule has 1 fully saturated rings. The van der Waals surface area contributed by atoms with E-state index in [2.05, 4.69) is 10.2 Å². The number of hydrogen-bond acceptors (Lipinski definition) is 5. The van der Waals surface area contributed by atoms with Crippen molar-refractivity contribution in [2.75, 3.05) is 5.73 Å². The lowest BCUT2D eigenvalue weighted by molar-refractivity contribution is 0.260. The minimum atomic E-state index is 0.258. The molecule has 1 aliphatic carbocycles. The molecule has 5 nitrogen and oxygen atoms in total. The van der Waals surface area contributed by atoms with Crippen molar-refractivity contribution in [2.24, 2.45) is 0 Å². The van der Waals surface area contributed by atoms with Crippen molar-refractivity contribution in [1.29, 1.82) is 0 Å². The number of anilines is 1. The summed E-state index contributed by atoms with van der Waals surface area (Å²) >= 11 is 0. The predicted molar refractivity (Wildman–Crippen MR) is 61.5 cm³/mol. The van der Waals surface area contributed by atoms with Crippen LogP contribution in [-0.2, 0) is 6.61 Å². The number of nitrogen functional groups attached to an aromatic ring is 1. The Labute approximate surface area is 98.6 Å². The number of hydrogen-bond donors (Lipinski definition) is 1. The van der Waals surface area contributed by atoms with Crippen molar-refractivity contribution in [2.45, 2.75) is 25.4 Å². The van der Waals surface area contributed by atoms with Gasteiger partial charge < -0.3 is 14.9 Å². The van der Waals surface area contributed by atoms with Crippen molar-refractivity contribution in [3.8, 4) is 5.75 Å². The van der Waals surface area contributed by atoms with Gasteiger partial charge >= 0.3 is 0 Å². The van der Waals surface area contributed by atoms with Crippen LogP contribution < -0.4 is 10.5 Å². The van der Waals surface area contributed by atoms with Crippen LogP contribution in [0.25, 0.3) is 0 Å². The van der Waals surface area contributed by atoms with Crippen molar-refractivity contribution >= 4 is 5.69 Å². The number of para-hydroxylation sites is 2. The summed E-state index contributed by atoms with van der Waals surface area (Å²) < 4.78 is 11.0. The number of aromatic nitrogens is 2. The summed E-state index contributed by atoms with van der Waals surface area (Å²) in [6, 6.07) is 7.33. The van der Waals surface area contributed by atoms with Gasteiger partial charge in [-0.1, -0.05) is 12.1 Å². The molecule has 1 aromatic heterocycles. The second-order valence-electron chi connectivity index (χ2n) is 4.13. The van der Waals surface area contributed by atoms with Crippen LogP contribution >= 0.6 is 0 Å². The maximum Gasteiger partial charge on any atom is 0.253 e. The maximum atomic E-state index is 5.76. The van der Waals surface area contributed by atoms with E-state index in [1.807, 2.05) is 18.2 Å². The Balaban J connectivity index is 1.65. The van der Waals surface area contributed by atoms with Crippen LogP contribution in [0.15, 0.2) is 28.7 Å². The number of nitrogens with two attached hydrogens (primary N) is 1. The molecule has 2 N–H and O–H groups in total. The topological polar surface area (TPSA) is 74.2 Å². The molecule has 17 heavy (non-hydrogen) atoms. The summed E-state index contributed by atoms with van der Waals surface area (Å²) in [5.74, 6) is 2.33. The number of rotatable bonds is 4. The predicted octanol–water partition coefficient (Wildman–Crippen LogP) is 2.11. The Kier molecular flexibility index (Phi) is 2.44. The highest BCUT2D eigenvalue weighted by Crippen LogP contribution is 2.39. The third-order valence-electron chi connectivity index (χ3n) is 2.68. The van der Waals surface area contributed by atoms with E-state index in [-0.39, 0.29) is 6.61 Å². The fourth-order valence-corrected chi connectivity index (χ4v) is 1.57. The molecule has 1 heterocycles. The highest BCUT2D eigenvalue weighted by molar-refractivity contribution is 5.51. The van der Waals surface area contributed by atoms with E-state index < -0.39 is 0 Å². The molecular formula is C12H13N3O2. The SMILES string of the molecule is Nc1ccccc1OCc1nnc(C2CC2)o1. The lowest BCUT2D eigenvalue weighted by Gasteiger charge is -2.05.